The monoisotopic (exact) mass is 270 g/mol. The Hall–Kier alpha value is -1.84. The van der Waals surface area contributed by atoms with Crippen LogP contribution in [0.25, 0.3) is 11.4 Å². The molecular formula is C16H22N4. The van der Waals surface area contributed by atoms with Crippen LogP contribution in [0.4, 0.5) is 5.69 Å². The van der Waals surface area contributed by atoms with Crippen LogP contribution in [0.15, 0.2) is 30.6 Å². The first-order chi connectivity index (χ1) is 9.83. The van der Waals surface area contributed by atoms with Crippen LogP contribution in [0.2, 0.25) is 0 Å². The van der Waals surface area contributed by atoms with E-state index in [0.29, 0.717) is 6.04 Å². The van der Waals surface area contributed by atoms with E-state index < -0.39 is 0 Å². The SMILES string of the molecule is Cn1cnnc1-c1ccc(NC2CCCCCC2)cc1. The predicted octanol–water partition coefficient (Wildman–Crippen LogP) is 3.62. The van der Waals surface area contributed by atoms with Crippen LogP contribution < -0.4 is 5.32 Å². The van der Waals surface area contributed by atoms with E-state index >= 15 is 0 Å². The second kappa shape index (κ2) is 6.07. The highest BCUT2D eigenvalue weighted by Gasteiger charge is 2.12. The lowest BCUT2D eigenvalue weighted by Crippen LogP contribution is -2.18. The zero-order valence-corrected chi connectivity index (χ0v) is 12.0. The van der Waals surface area contributed by atoms with Gasteiger partial charge in [0.15, 0.2) is 5.82 Å². The van der Waals surface area contributed by atoms with Crippen LogP contribution in [-0.2, 0) is 7.05 Å². The van der Waals surface area contributed by atoms with Crippen molar-refractivity contribution in [1.29, 1.82) is 0 Å². The summed E-state index contributed by atoms with van der Waals surface area (Å²) in [7, 11) is 1.97. The Morgan fingerprint density at radius 1 is 1.05 bits per heavy atom. The van der Waals surface area contributed by atoms with Crippen LogP contribution in [0, 0.1) is 0 Å². The molecule has 1 aliphatic carbocycles. The molecule has 1 N–H and O–H groups in total. The van der Waals surface area contributed by atoms with Gasteiger partial charge in [-0.25, -0.2) is 0 Å². The molecule has 0 aliphatic heterocycles. The van der Waals surface area contributed by atoms with Crippen molar-refractivity contribution in [1.82, 2.24) is 14.8 Å². The first-order valence-corrected chi connectivity index (χ1v) is 7.54. The summed E-state index contributed by atoms with van der Waals surface area (Å²) >= 11 is 0. The molecule has 1 fully saturated rings. The summed E-state index contributed by atoms with van der Waals surface area (Å²) in [6.45, 7) is 0. The molecular weight excluding hydrogens is 248 g/mol. The number of hydrogen-bond acceptors (Lipinski definition) is 3. The minimum Gasteiger partial charge on any atom is -0.382 e. The van der Waals surface area contributed by atoms with Crippen molar-refractivity contribution in [2.75, 3.05) is 5.32 Å². The molecule has 0 spiro atoms. The third-order valence-electron chi connectivity index (χ3n) is 4.08. The summed E-state index contributed by atoms with van der Waals surface area (Å²) in [6, 6.07) is 9.16. The molecule has 1 aliphatic rings. The van der Waals surface area contributed by atoms with Gasteiger partial charge in [-0.05, 0) is 37.1 Å². The average Bonchev–Trinajstić information content (AvgIpc) is 2.73. The van der Waals surface area contributed by atoms with Gasteiger partial charge in [0.25, 0.3) is 0 Å². The Kier molecular flexibility index (Phi) is 4.00. The molecule has 4 heteroatoms. The van der Waals surface area contributed by atoms with Gasteiger partial charge in [0.2, 0.25) is 0 Å². The molecule has 4 nitrogen and oxygen atoms in total. The van der Waals surface area contributed by atoms with Gasteiger partial charge in [-0.2, -0.15) is 0 Å². The smallest absolute Gasteiger partial charge is 0.163 e. The van der Waals surface area contributed by atoms with Crippen LogP contribution in [0.3, 0.4) is 0 Å². The normalized spacial score (nSPS) is 16.9. The fraction of sp³-hybridized carbons (Fsp3) is 0.500. The maximum absolute atomic E-state index is 4.14. The number of rotatable bonds is 3. The third kappa shape index (κ3) is 3.00. The molecule has 0 unspecified atom stereocenters. The highest BCUT2D eigenvalue weighted by atomic mass is 15.2. The van der Waals surface area contributed by atoms with Gasteiger partial charge in [0, 0.05) is 24.3 Å². The summed E-state index contributed by atoms with van der Waals surface area (Å²) in [5.41, 5.74) is 2.32. The highest BCUT2D eigenvalue weighted by Crippen LogP contribution is 2.23. The van der Waals surface area contributed by atoms with Gasteiger partial charge in [-0.3, -0.25) is 0 Å². The van der Waals surface area contributed by atoms with E-state index in [1.807, 2.05) is 11.6 Å². The van der Waals surface area contributed by atoms with Crippen molar-refractivity contribution in [3.8, 4) is 11.4 Å². The highest BCUT2D eigenvalue weighted by molar-refractivity contribution is 5.59. The summed E-state index contributed by atoms with van der Waals surface area (Å²) < 4.78 is 1.94. The fourth-order valence-corrected chi connectivity index (χ4v) is 2.92. The number of nitrogens with zero attached hydrogens (tertiary/aromatic N) is 3. The van der Waals surface area contributed by atoms with Crippen molar-refractivity contribution >= 4 is 5.69 Å². The van der Waals surface area contributed by atoms with Gasteiger partial charge in [-0.1, -0.05) is 25.7 Å². The lowest BCUT2D eigenvalue weighted by molar-refractivity contribution is 0.620. The van der Waals surface area contributed by atoms with Gasteiger partial charge >= 0.3 is 0 Å². The van der Waals surface area contributed by atoms with Gasteiger partial charge in [0.1, 0.15) is 6.33 Å². The molecule has 3 rings (SSSR count). The number of anilines is 1. The molecule has 1 aromatic carbocycles. The van der Waals surface area contributed by atoms with E-state index in [1.54, 1.807) is 6.33 Å². The molecule has 2 aromatic rings. The second-order valence-corrected chi connectivity index (χ2v) is 5.68. The predicted molar refractivity (Wildman–Crippen MR) is 81.6 cm³/mol. The first-order valence-electron chi connectivity index (χ1n) is 7.54. The summed E-state index contributed by atoms with van der Waals surface area (Å²) in [6.07, 6.45) is 9.82. The maximum Gasteiger partial charge on any atom is 0.163 e. The van der Waals surface area contributed by atoms with Crippen LogP contribution >= 0.6 is 0 Å². The van der Waals surface area contributed by atoms with E-state index in [4.69, 9.17) is 0 Å². The molecule has 0 amide bonds. The van der Waals surface area contributed by atoms with E-state index in [1.165, 1.54) is 44.2 Å². The number of benzene rings is 1. The molecule has 1 saturated carbocycles. The maximum atomic E-state index is 4.14. The van der Waals surface area contributed by atoms with Crippen molar-refractivity contribution in [2.45, 2.75) is 44.6 Å². The quantitative estimate of drug-likeness (QED) is 0.866. The van der Waals surface area contributed by atoms with Crippen LogP contribution in [0.1, 0.15) is 38.5 Å². The van der Waals surface area contributed by atoms with E-state index in [0.717, 1.165) is 11.4 Å². The molecule has 106 valence electrons. The Labute approximate surface area is 120 Å². The summed E-state index contributed by atoms with van der Waals surface area (Å²) in [4.78, 5) is 0. The van der Waals surface area contributed by atoms with Gasteiger partial charge < -0.3 is 9.88 Å². The van der Waals surface area contributed by atoms with Gasteiger partial charge in [0.05, 0.1) is 0 Å². The molecule has 20 heavy (non-hydrogen) atoms. The van der Waals surface area contributed by atoms with Crippen molar-refractivity contribution in [3.05, 3.63) is 30.6 Å². The van der Waals surface area contributed by atoms with Crippen molar-refractivity contribution < 1.29 is 0 Å². The lowest BCUT2D eigenvalue weighted by Gasteiger charge is -2.17. The van der Waals surface area contributed by atoms with Crippen molar-refractivity contribution in [2.24, 2.45) is 7.05 Å². The second-order valence-electron chi connectivity index (χ2n) is 5.68. The topological polar surface area (TPSA) is 42.7 Å². The van der Waals surface area contributed by atoms with Crippen molar-refractivity contribution in [3.63, 3.8) is 0 Å². The number of nitrogens with one attached hydrogen (secondary N) is 1. The Bertz CT molecular complexity index is 536. The number of hydrogen-bond donors (Lipinski definition) is 1. The molecule has 0 atom stereocenters. The minimum atomic E-state index is 0.637. The van der Waals surface area contributed by atoms with E-state index in [2.05, 4.69) is 39.8 Å². The molecule has 1 heterocycles. The molecule has 0 bridgehead atoms. The first kappa shape index (κ1) is 13.2. The van der Waals surface area contributed by atoms with Crippen LogP contribution in [-0.4, -0.2) is 20.8 Å². The average molecular weight is 270 g/mol. The van der Waals surface area contributed by atoms with E-state index in [-0.39, 0.29) is 0 Å². The molecule has 0 radical (unpaired) electrons. The summed E-state index contributed by atoms with van der Waals surface area (Å²) in [5, 5.41) is 11.7. The fourth-order valence-electron chi connectivity index (χ4n) is 2.92. The Balaban J connectivity index is 1.68. The standard InChI is InChI=1S/C16H22N4/c1-20-12-17-19-16(20)13-8-10-15(11-9-13)18-14-6-4-2-3-5-7-14/h8-12,14,18H,2-7H2,1H3. The summed E-state index contributed by atoms with van der Waals surface area (Å²) in [5.74, 6) is 0.908. The Morgan fingerprint density at radius 3 is 2.35 bits per heavy atom. The minimum absolute atomic E-state index is 0.637. The molecule has 0 saturated heterocycles. The number of aromatic nitrogens is 3. The van der Waals surface area contributed by atoms with Crippen LogP contribution in [0.5, 0.6) is 0 Å². The lowest BCUT2D eigenvalue weighted by atomic mass is 10.1. The zero-order chi connectivity index (χ0) is 13.8. The zero-order valence-electron chi connectivity index (χ0n) is 12.0. The number of aryl methyl sites for hydroxylation is 1. The van der Waals surface area contributed by atoms with Gasteiger partial charge in [-0.15, -0.1) is 10.2 Å². The van der Waals surface area contributed by atoms with E-state index in [9.17, 15) is 0 Å². The molecule has 1 aromatic heterocycles. The Morgan fingerprint density at radius 2 is 1.75 bits per heavy atom. The largest absolute Gasteiger partial charge is 0.382 e. The third-order valence-corrected chi connectivity index (χ3v) is 4.08.